The topological polar surface area (TPSA) is 92.0 Å². The fourth-order valence-electron chi connectivity index (χ4n) is 1.84. The van der Waals surface area contributed by atoms with Gasteiger partial charge in [0, 0.05) is 18.1 Å². The first-order chi connectivity index (χ1) is 9.26. The van der Waals surface area contributed by atoms with E-state index in [-0.39, 0.29) is 0 Å². The molecule has 1 aromatic carbocycles. The average molecular weight is 250 g/mol. The molecule has 3 aromatic rings. The van der Waals surface area contributed by atoms with Gasteiger partial charge in [-0.1, -0.05) is 6.07 Å². The minimum Gasteiger partial charge on any atom is -0.382 e. The van der Waals surface area contributed by atoms with Crippen molar-refractivity contribution in [2.75, 3.05) is 11.1 Å². The van der Waals surface area contributed by atoms with Crippen LogP contribution in [0.4, 0.5) is 17.3 Å². The summed E-state index contributed by atoms with van der Waals surface area (Å²) in [5.74, 6) is 0.949. The number of nitrogens with zero attached hydrogens (tertiary/aromatic N) is 4. The monoisotopic (exact) mass is 250 g/mol. The fourth-order valence-corrected chi connectivity index (χ4v) is 1.84. The van der Waals surface area contributed by atoms with Gasteiger partial charge < -0.3 is 15.5 Å². The molecular formula is C13H10N6. The zero-order valence-corrected chi connectivity index (χ0v) is 9.91. The Labute approximate surface area is 109 Å². The number of rotatable bonds is 2. The number of aromatic nitrogens is 3. The van der Waals surface area contributed by atoms with Gasteiger partial charge in [0.2, 0.25) is 0 Å². The molecule has 0 saturated heterocycles. The van der Waals surface area contributed by atoms with Crippen molar-refractivity contribution in [3.05, 3.63) is 48.4 Å². The standard InChI is InChI=1S/C13H10N6/c14-7-9-2-1-3-10(6-9)17-12-13-16-4-5-19(13)8-11(15)18-12/h1-6,8H,15H2,(H,17,18). The van der Waals surface area contributed by atoms with Crippen molar-refractivity contribution >= 4 is 23.0 Å². The maximum absolute atomic E-state index is 8.88. The Kier molecular flexibility index (Phi) is 2.50. The van der Waals surface area contributed by atoms with Crippen molar-refractivity contribution in [1.29, 1.82) is 5.26 Å². The number of imidazole rings is 1. The third kappa shape index (κ3) is 2.05. The molecule has 92 valence electrons. The first-order valence-corrected chi connectivity index (χ1v) is 5.62. The van der Waals surface area contributed by atoms with Crippen LogP contribution in [0.2, 0.25) is 0 Å². The molecule has 6 heteroatoms. The first kappa shape index (κ1) is 11.0. The Morgan fingerprint density at radius 3 is 3.11 bits per heavy atom. The summed E-state index contributed by atoms with van der Waals surface area (Å²) in [6.07, 6.45) is 5.16. The zero-order chi connectivity index (χ0) is 13.2. The van der Waals surface area contributed by atoms with Crippen molar-refractivity contribution in [3.63, 3.8) is 0 Å². The Bertz CT molecular complexity index is 783. The number of hydrogen-bond donors (Lipinski definition) is 2. The summed E-state index contributed by atoms with van der Waals surface area (Å²) in [6.45, 7) is 0. The highest BCUT2D eigenvalue weighted by atomic mass is 15.1. The molecule has 0 fully saturated rings. The van der Waals surface area contributed by atoms with Crippen LogP contribution in [0, 0.1) is 11.3 Å². The van der Waals surface area contributed by atoms with Crippen molar-refractivity contribution in [3.8, 4) is 6.07 Å². The number of nitriles is 1. The highest BCUT2D eigenvalue weighted by molar-refractivity contribution is 5.71. The van der Waals surface area contributed by atoms with E-state index in [9.17, 15) is 0 Å². The molecule has 0 amide bonds. The van der Waals surface area contributed by atoms with Crippen molar-refractivity contribution < 1.29 is 0 Å². The van der Waals surface area contributed by atoms with Crippen molar-refractivity contribution in [2.45, 2.75) is 0 Å². The summed E-state index contributed by atoms with van der Waals surface area (Å²) in [7, 11) is 0. The highest BCUT2D eigenvalue weighted by Gasteiger charge is 2.06. The Morgan fingerprint density at radius 1 is 1.37 bits per heavy atom. The summed E-state index contributed by atoms with van der Waals surface area (Å²) in [6, 6.07) is 9.22. The number of nitrogens with one attached hydrogen (secondary N) is 1. The van der Waals surface area contributed by atoms with Gasteiger partial charge in [0.15, 0.2) is 11.5 Å². The summed E-state index contributed by atoms with van der Waals surface area (Å²) < 4.78 is 1.79. The van der Waals surface area contributed by atoms with Gasteiger partial charge in [-0.2, -0.15) is 5.26 Å². The maximum atomic E-state index is 8.88. The molecule has 2 aromatic heterocycles. The smallest absolute Gasteiger partial charge is 0.180 e. The molecule has 0 aliphatic carbocycles. The minimum absolute atomic E-state index is 0.393. The second-order valence-corrected chi connectivity index (χ2v) is 3.99. The van der Waals surface area contributed by atoms with Crippen LogP contribution in [0.1, 0.15) is 5.56 Å². The van der Waals surface area contributed by atoms with Crippen LogP contribution in [-0.4, -0.2) is 14.4 Å². The lowest BCUT2D eigenvalue weighted by Crippen LogP contribution is -2.02. The fraction of sp³-hybridized carbons (Fsp3) is 0. The van der Waals surface area contributed by atoms with Gasteiger partial charge in [-0.05, 0) is 18.2 Å². The van der Waals surface area contributed by atoms with Gasteiger partial charge in [0.1, 0.15) is 5.82 Å². The summed E-state index contributed by atoms with van der Waals surface area (Å²) >= 11 is 0. The zero-order valence-electron chi connectivity index (χ0n) is 9.91. The molecule has 0 spiro atoms. The lowest BCUT2D eigenvalue weighted by molar-refractivity contribution is 1.14. The molecule has 0 atom stereocenters. The lowest BCUT2D eigenvalue weighted by atomic mass is 10.2. The third-order valence-corrected chi connectivity index (χ3v) is 2.65. The lowest BCUT2D eigenvalue weighted by Gasteiger charge is -2.08. The maximum Gasteiger partial charge on any atom is 0.180 e. The summed E-state index contributed by atoms with van der Waals surface area (Å²) in [5.41, 5.74) is 7.76. The largest absolute Gasteiger partial charge is 0.382 e. The van der Waals surface area contributed by atoms with E-state index in [2.05, 4.69) is 21.4 Å². The Balaban J connectivity index is 2.05. The van der Waals surface area contributed by atoms with Gasteiger partial charge in [-0.15, -0.1) is 0 Å². The molecule has 6 nitrogen and oxygen atoms in total. The second-order valence-electron chi connectivity index (χ2n) is 3.99. The van der Waals surface area contributed by atoms with Crippen LogP contribution in [0.25, 0.3) is 5.65 Å². The van der Waals surface area contributed by atoms with Gasteiger partial charge in [0.25, 0.3) is 0 Å². The van der Waals surface area contributed by atoms with Gasteiger partial charge in [0.05, 0.1) is 17.8 Å². The minimum atomic E-state index is 0.393. The van der Waals surface area contributed by atoms with E-state index in [0.717, 1.165) is 5.69 Å². The van der Waals surface area contributed by atoms with Crippen molar-refractivity contribution in [2.24, 2.45) is 0 Å². The van der Waals surface area contributed by atoms with Gasteiger partial charge >= 0.3 is 0 Å². The predicted molar refractivity (Wildman–Crippen MR) is 71.8 cm³/mol. The number of anilines is 3. The molecule has 3 rings (SSSR count). The molecule has 3 N–H and O–H groups in total. The normalized spacial score (nSPS) is 10.3. The molecule has 0 aliphatic heterocycles. The molecule has 0 unspecified atom stereocenters. The number of hydrogen-bond acceptors (Lipinski definition) is 5. The van der Waals surface area contributed by atoms with E-state index in [1.165, 1.54) is 0 Å². The van der Waals surface area contributed by atoms with E-state index in [4.69, 9.17) is 11.0 Å². The Morgan fingerprint density at radius 2 is 2.26 bits per heavy atom. The molecular weight excluding hydrogens is 240 g/mol. The Hall–Kier alpha value is -3.07. The number of nitrogens with two attached hydrogens (primary N) is 1. The van der Waals surface area contributed by atoms with E-state index >= 15 is 0 Å². The van der Waals surface area contributed by atoms with E-state index in [1.54, 1.807) is 41.2 Å². The van der Waals surface area contributed by atoms with Crippen LogP contribution in [0.5, 0.6) is 0 Å². The molecule has 2 heterocycles. The summed E-state index contributed by atoms with van der Waals surface area (Å²) in [4.78, 5) is 8.44. The SMILES string of the molecule is N#Cc1cccc(Nc2nc(N)cn3ccnc23)c1. The summed E-state index contributed by atoms with van der Waals surface area (Å²) in [5, 5.41) is 12.0. The second kappa shape index (κ2) is 4.31. The van der Waals surface area contributed by atoms with Crippen LogP contribution < -0.4 is 11.1 Å². The average Bonchev–Trinajstić information content (AvgIpc) is 2.87. The number of nitrogen functional groups attached to an aromatic ring is 1. The van der Waals surface area contributed by atoms with Gasteiger partial charge in [-0.25, -0.2) is 9.97 Å². The van der Waals surface area contributed by atoms with Crippen molar-refractivity contribution in [1.82, 2.24) is 14.4 Å². The van der Waals surface area contributed by atoms with E-state index < -0.39 is 0 Å². The third-order valence-electron chi connectivity index (χ3n) is 2.65. The first-order valence-electron chi connectivity index (χ1n) is 5.62. The van der Waals surface area contributed by atoms with Gasteiger partial charge in [-0.3, -0.25) is 0 Å². The highest BCUT2D eigenvalue weighted by Crippen LogP contribution is 2.20. The molecule has 19 heavy (non-hydrogen) atoms. The number of fused-ring (bicyclic) bond motifs is 1. The quantitative estimate of drug-likeness (QED) is 0.725. The van der Waals surface area contributed by atoms with E-state index in [0.29, 0.717) is 22.8 Å². The van der Waals surface area contributed by atoms with Crippen LogP contribution in [0.3, 0.4) is 0 Å². The van der Waals surface area contributed by atoms with Crippen LogP contribution in [0.15, 0.2) is 42.9 Å². The predicted octanol–water partition coefficient (Wildman–Crippen LogP) is 1.93. The number of benzene rings is 1. The van der Waals surface area contributed by atoms with Crippen LogP contribution in [-0.2, 0) is 0 Å². The molecule has 0 aliphatic rings. The van der Waals surface area contributed by atoms with E-state index in [1.807, 2.05) is 6.07 Å². The molecule has 0 radical (unpaired) electrons. The molecule has 0 saturated carbocycles. The molecule has 0 bridgehead atoms. The van der Waals surface area contributed by atoms with Crippen LogP contribution >= 0.6 is 0 Å².